The summed E-state index contributed by atoms with van der Waals surface area (Å²) < 4.78 is 0.181. The molecule has 0 aliphatic carbocycles. The average Bonchev–Trinajstić information content (AvgIpc) is 3.07. The molecule has 0 bridgehead atoms. The molecule has 4 rings (SSSR count). The fraction of sp³-hybridized carbons (Fsp3) is 0.367. The van der Waals surface area contributed by atoms with Crippen LogP contribution >= 0.6 is 23.2 Å². The van der Waals surface area contributed by atoms with Crippen LogP contribution in [0.2, 0.25) is 10.0 Å². The lowest BCUT2D eigenvalue weighted by Crippen LogP contribution is -2.64. The zero-order chi connectivity index (χ0) is 27.5. The molecule has 2 aromatic carbocycles. The third kappa shape index (κ3) is 5.58. The summed E-state index contributed by atoms with van der Waals surface area (Å²) in [6.45, 7) is 11.9. The topological polar surface area (TPSA) is 53.0 Å². The van der Waals surface area contributed by atoms with Gasteiger partial charge in [-0.15, -0.1) is 11.2 Å². The van der Waals surface area contributed by atoms with Crippen LogP contribution in [0.5, 0.6) is 0 Å². The quantitative estimate of drug-likeness (QED) is 0.301. The Kier molecular flexibility index (Phi) is 8.46. The van der Waals surface area contributed by atoms with Crippen LogP contribution in [0.15, 0.2) is 78.6 Å². The van der Waals surface area contributed by atoms with Gasteiger partial charge >= 0.3 is 0 Å². The first-order valence-corrected chi connectivity index (χ1v) is 13.8. The number of rotatable bonds is 6. The van der Waals surface area contributed by atoms with Crippen LogP contribution in [0.25, 0.3) is 0 Å². The maximum absolute atomic E-state index is 14.2. The molecule has 200 valence electrons. The van der Waals surface area contributed by atoms with Crippen molar-refractivity contribution in [2.75, 3.05) is 26.2 Å². The maximum atomic E-state index is 14.2. The standard InChI is InChI=1S/C30H35Cl2N4O2/c1-5-17-36(26-14-8-13-25(32)20-26)18-9-10-22(3)27(33-36)29(38)35-16-15-34(21-30(35,4)6-2)28(37)23-11-7-12-24(31)19-23/h6-9,11-14,18-20,22H,2,5,10,15-17,21H2,1,3-4H3/q+1. The van der Waals surface area contributed by atoms with E-state index in [-0.39, 0.29) is 22.3 Å². The first-order valence-electron chi connectivity index (χ1n) is 13.0. The number of hydrogen-bond acceptors (Lipinski definition) is 3. The van der Waals surface area contributed by atoms with Gasteiger partial charge in [-0.1, -0.05) is 60.4 Å². The van der Waals surface area contributed by atoms with Gasteiger partial charge in [-0.3, -0.25) is 9.59 Å². The maximum Gasteiger partial charge on any atom is 0.274 e. The summed E-state index contributed by atoms with van der Waals surface area (Å²) in [5.74, 6) is -0.314. The fourth-order valence-corrected chi connectivity index (χ4v) is 5.61. The number of hydrogen-bond donors (Lipinski definition) is 0. The smallest absolute Gasteiger partial charge is 0.274 e. The number of carbonyl (C=O) groups is 2. The minimum Gasteiger partial charge on any atom is -0.334 e. The summed E-state index contributed by atoms with van der Waals surface area (Å²) in [6.07, 6.45) is 7.50. The molecular weight excluding hydrogens is 519 g/mol. The number of carbonyl (C=O) groups excluding carboxylic acids is 2. The van der Waals surface area contributed by atoms with E-state index >= 15 is 0 Å². The van der Waals surface area contributed by atoms with Gasteiger partial charge in [-0.2, -0.15) is 0 Å². The molecule has 0 spiro atoms. The average molecular weight is 555 g/mol. The predicted molar refractivity (Wildman–Crippen MR) is 156 cm³/mol. The number of quaternary nitrogens is 1. The van der Waals surface area contributed by atoms with Crippen molar-refractivity contribution in [2.24, 2.45) is 11.0 Å². The van der Waals surface area contributed by atoms with Crippen LogP contribution in [-0.4, -0.2) is 59.0 Å². The van der Waals surface area contributed by atoms with Crippen LogP contribution in [0.4, 0.5) is 5.69 Å². The van der Waals surface area contributed by atoms with E-state index in [9.17, 15) is 9.59 Å². The van der Waals surface area contributed by atoms with Crippen molar-refractivity contribution in [1.29, 1.82) is 0 Å². The van der Waals surface area contributed by atoms with Gasteiger partial charge in [0.2, 0.25) is 0 Å². The summed E-state index contributed by atoms with van der Waals surface area (Å²) in [6, 6.07) is 14.6. The van der Waals surface area contributed by atoms with E-state index in [0.29, 0.717) is 53.9 Å². The summed E-state index contributed by atoms with van der Waals surface area (Å²) in [5, 5.41) is 6.31. The lowest BCUT2D eigenvalue weighted by atomic mass is 9.92. The first kappa shape index (κ1) is 28.1. The Morgan fingerprint density at radius 3 is 2.50 bits per heavy atom. The number of allylic oxidation sites excluding steroid dienone is 1. The number of benzene rings is 2. The SMILES string of the molecule is C=CC1(C)CN(C(=O)c2cccc(Cl)c2)CCN1C(=O)C1=N[N+](CCC)(c2cccc(Cl)c2)C=CCC1C. The number of piperazine rings is 1. The molecule has 0 N–H and O–H groups in total. The second-order valence-electron chi connectivity index (χ2n) is 10.3. The Bertz CT molecular complexity index is 1290. The van der Waals surface area contributed by atoms with E-state index in [1.165, 1.54) is 0 Å². The summed E-state index contributed by atoms with van der Waals surface area (Å²) in [7, 11) is 0. The predicted octanol–water partition coefficient (Wildman–Crippen LogP) is 6.55. The van der Waals surface area contributed by atoms with E-state index in [0.717, 1.165) is 12.1 Å². The van der Waals surface area contributed by atoms with Crippen LogP contribution in [0.1, 0.15) is 44.0 Å². The second-order valence-corrected chi connectivity index (χ2v) is 11.2. The summed E-state index contributed by atoms with van der Waals surface area (Å²) in [4.78, 5) is 31.1. The van der Waals surface area contributed by atoms with Gasteiger partial charge < -0.3 is 9.80 Å². The Labute approximate surface area is 235 Å². The van der Waals surface area contributed by atoms with Crippen molar-refractivity contribution >= 4 is 46.4 Å². The van der Waals surface area contributed by atoms with Crippen LogP contribution in [0.3, 0.4) is 0 Å². The van der Waals surface area contributed by atoms with Gasteiger partial charge in [0.15, 0.2) is 11.4 Å². The van der Waals surface area contributed by atoms with E-state index in [1.807, 2.05) is 43.0 Å². The van der Waals surface area contributed by atoms with E-state index < -0.39 is 5.54 Å². The number of halogens is 2. The Hall–Kier alpha value is -2.93. The largest absolute Gasteiger partial charge is 0.334 e. The van der Waals surface area contributed by atoms with Crippen molar-refractivity contribution in [3.8, 4) is 0 Å². The zero-order valence-corrected chi connectivity index (χ0v) is 23.8. The van der Waals surface area contributed by atoms with Gasteiger partial charge in [-0.25, -0.2) is 0 Å². The van der Waals surface area contributed by atoms with Gasteiger partial charge in [0, 0.05) is 53.3 Å². The van der Waals surface area contributed by atoms with Crippen LogP contribution in [0, 0.1) is 5.92 Å². The zero-order valence-electron chi connectivity index (χ0n) is 22.2. The van der Waals surface area contributed by atoms with Gasteiger partial charge in [0.05, 0.1) is 5.54 Å². The highest BCUT2D eigenvalue weighted by atomic mass is 35.5. The highest BCUT2D eigenvalue weighted by Gasteiger charge is 2.44. The molecule has 38 heavy (non-hydrogen) atoms. The van der Waals surface area contributed by atoms with Gasteiger partial charge in [0.1, 0.15) is 12.7 Å². The molecule has 3 unspecified atom stereocenters. The van der Waals surface area contributed by atoms with Crippen LogP contribution < -0.4 is 4.59 Å². The number of amides is 2. The molecule has 3 atom stereocenters. The molecule has 8 heteroatoms. The molecule has 0 radical (unpaired) electrons. The molecule has 0 saturated carbocycles. The normalized spacial score (nSPS) is 25.5. The fourth-order valence-electron chi connectivity index (χ4n) is 5.23. The Balaban J connectivity index is 1.67. The van der Waals surface area contributed by atoms with E-state index in [2.05, 4.69) is 25.8 Å². The molecule has 2 amide bonds. The second kappa shape index (κ2) is 11.4. The first-order chi connectivity index (χ1) is 18.1. The minimum atomic E-state index is -0.762. The molecule has 1 fully saturated rings. The molecular formula is C30H35Cl2N4O2+. The molecule has 2 heterocycles. The molecule has 0 aromatic heterocycles. The monoisotopic (exact) mass is 553 g/mol. The Morgan fingerprint density at radius 2 is 1.84 bits per heavy atom. The van der Waals surface area contributed by atoms with Crippen molar-refractivity contribution in [3.05, 3.63) is 89.1 Å². The molecule has 2 aliphatic heterocycles. The molecule has 2 aliphatic rings. The van der Waals surface area contributed by atoms with Crippen molar-refractivity contribution in [1.82, 2.24) is 14.4 Å². The van der Waals surface area contributed by atoms with Crippen molar-refractivity contribution in [2.45, 2.75) is 39.2 Å². The lowest BCUT2D eigenvalue weighted by Gasteiger charge is -2.47. The summed E-state index contributed by atoms with van der Waals surface area (Å²) in [5.41, 5.74) is 1.20. The lowest BCUT2D eigenvalue weighted by molar-refractivity contribution is -0.131. The third-order valence-corrected chi connectivity index (χ3v) is 7.87. The molecule has 1 saturated heterocycles. The van der Waals surface area contributed by atoms with Crippen LogP contribution in [-0.2, 0) is 4.79 Å². The Morgan fingerprint density at radius 1 is 1.13 bits per heavy atom. The van der Waals surface area contributed by atoms with Crippen molar-refractivity contribution < 1.29 is 9.59 Å². The van der Waals surface area contributed by atoms with E-state index in [4.69, 9.17) is 28.3 Å². The highest BCUT2D eigenvalue weighted by Crippen LogP contribution is 2.33. The third-order valence-electron chi connectivity index (χ3n) is 7.40. The van der Waals surface area contributed by atoms with Gasteiger partial charge in [-0.05, 0) is 50.1 Å². The van der Waals surface area contributed by atoms with Gasteiger partial charge in [0.25, 0.3) is 11.8 Å². The minimum absolute atomic E-state index is 0.0741. The molecule has 2 aromatic rings. The van der Waals surface area contributed by atoms with Crippen molar-refractivity contribution in [3.63, 3.8) is 0 Å². The van der Waals surface area contributed by atoms with E-state index in [1.54, 1.807) is 35.2 Å². The highest BCUT2D eigenvalue weighted by molar-refractivity contribution is 6.40. The number of nitrogens with zero attached hydrogens (tertiary/aromatic N) is 4. The molecule has 6 nitrogen and oxygen atoms in total. The summed E-state index contributed by atoms with van der Waals surface area (Å²) >= 11 is 12.5.